The Morgan fingerprint density at radius 1 is 1.33 bits per heavy atom. The Hall–Kier alpha value is -2.48. The number of nitrogens with one attached hydrogen (secondary N) is 2. The molecule has 112 valence electrons. The summed E-state index contributed by atoms with van der Waals surface area (Å²) in [5.41, 5.74) is 1.97. The molecule has 5 nitrogen and oxygen atoms in total. The van der Waals surface area contributed by atoms with Crippen LogP contribution in [0.25, 0.3) is 0 Å². The lowest BCUT2D eigenvalue weighted by Crippen LogP contribution is -2.28. The van der Waals surface area contributed by atoms with Gasteiger partial charge in [-0.15, -0.1) is 0 Å². The molecule has 1 aromatic rings. The molecule has 1 rings (SSSR count). The van der Waals surface area contributed by atoms with E-state index in [2.05, 4.69) is 10.6 Å². The van der Waals surface area contributed by atoms with Crippen LogP contribution in [0.15, 0.2) is 36.0 Å². The van der Waals surface area contributed by atoms with E-state index in [1.54, 1.807) is 0 Å². The smallest absolute Gasteiger partial charge is 0.263 e. The summed E-state index contributed by atoms with van der Waals surface area (Å²) in [6.45, 7) is 4.55. The number of hydrogen-bond acceptors (Lipinski definition) is 4. The van der Waals surface area contributed by atoms with Gasteiger partial charge in [0.05, 0.1) is 0 Å². The second kappa shape index (κ2) is 7.95. The van der Waals surface area contributed by atoms with E-state index >= 15 is 0 Å². The predicted octanol–water partition coefficient (Wildman–Crippen LogP) is 2.34. The molecule has 0 aliphatic carbocycles. The zero-order chi connectivity index (χ0) is 15.8. The highest BCUT2D eigenvalue weighted by atomic mass is 16.1. The monoisotopic (exact) mass is 286 g/mol. The SMILES string of the molecule is CC(C)CNC(=O)/C(C#N)=C\Nc1ccc(N(C)C)cc1. The molecule has 0 saturated carbocycles. The molecule has 0 heterocycles. The summed E-state index contributed by atoms with van der Waals surface area (Å²) in [6, 6.07) is 9.61. The van der Waals surface area contributed by atoms with Crippen LogP contribution >= 0.6 is 0 Å². The van der Waals surface area contributed by atoms with E-state index in [-0.39, 0.29) is 11.5 Å². The molecule has 5 heteroatoms. The molecule has 0 saturated heterocycles. The molecule has 1 amide bonds. The quantitative estimate of drug-likeness (QED) is 0.622. The third kappa shape index (κ3) is 5.57. The molecule has 21 heavy (non-hydrogen) atoms. The van der Waals surface area contributed by atoms with Crippen LogP contribution in [-0.2, 0) is 4.79 Å². The Morgan fingerprint density at radius 2 is 1.95 bits per heavy atom. The maximum atomic E-state index is 11.8. The fourth-order valence-corrected chi connectivity index (χ4v) is 1.55. The van der Waals surface area contributed by atoms with E-state index in [0.717, 1.165) is 11.4 Å². The lowest BCUT2D eigenvalue weighted by atomic mass is 10.2. The average molecular weight is 286 g/mol. The largest absolute Gasteiger partial charge is 0.378 e. The van der Waals surface area contributed by atoms with Crippen molar-refractivity contribution in [3.8, 4) is 6.07 Å². The lowest BCUT2D eigenvalue weighted by Gasteiger charge is -2.12. The van der Waals surface area contributed by atoms with Gasteiger partial charge in [0.15, 0.2) is 0 Å². The maximum Gasteiger partial charge on any atom is 0.263 e. The van der Waals surface area contributed by atoms with Gasteiger partial charge in [-0.1, -0.05) is 13.8 Å². The van der Waals surface area contributed by atoms with E-state index in [0.29, 0.717) is 12.5 Å². The number of benzene rings is 1. The molecular weight excluding hydrogens is 264 g/mol. The first-order valence-electron chi connectivity index (χ1n) is 6.86. The number of amides is 1. The Bertz CT molecular complexity index is 538. The molecule has 0 bridgehead atoms. The Balaban J connectivity index is 2.68. The van der Waals surface area contributed by atoms with Gasteiger partial charge in [-0.2, -0.15) is 5.26 Å². The number of nitrogens with zero attached hydrogens (tertiary/aromatic N) is 2. The van der Waals surface area contributed by atoms with Crippen LogP contribution in [0.2, 0.25) is 0 Å². The molecule has 0 aliphatic heterocycles. The number of carbonyl (C=O) groups excluding carboxylic acids is 1. The summed E-state index contributed by atoms with van der Waals surface area (Å²) in [5.74, 6) is -0.0101. The second-order valence-corrected chi connectivity index (χ2v) is 5.36. The predicted molar refractivity (Wildman–Crippen MR) is 85.9 cm³/mol. The van der Waals surface area contributed by atoms with Crippen molar-refractivity contribution in [3.63, 3.8) is 0 Å². The van der Waals surface area contributed by atoms with Crippen LogP contribution in [0.5, 0.6) is 0 Å². The van der Waals surface area contributed by atoms with E-state index in [4.69, 9.17) is 5.26 Å². The zero-order valence-electron chi connectivity index (χ0n) is 13.0. The first-order valence-corrected chi connectivity index (χ1v) is 6.86. The van der Waals surface area contributed by atoms with E-state index < -0.39 is 0 Å². The van der Waals surface area contributed by atoms with Crippen molar-refractivity contribution in [3.05, 3.63) is 36.0 Å². The molecule has 0 aromatic heterocycles. The van der Waals surface area contributed by atoms with Gasteiger partial charge in [-0.3, -0.25) is 4.79 Å². The summed E-state index contributed by atoms with van der Waals surface area (Å²) in [5, 5.41) is 14.7. The fraction of sp³-hybridized carbons (Fsp3) is 0.375. The Labute approximate surface area is 126 Å². The van der Waals surface area contributed by atoms with Gasteiger partial charge >= 0.3 is 0 Å². The van der Waals surface area contributed by atoms with Crippen molar-refractivity contribution in [1.82, 2.24) is 5.32 Å². The van der Waals surface area contributed by atoms with E-state index in [1.165, 1.54) is 6.20 Å². The number of hydrogen-bond donors (Lipinski definition) is 2. The zero-order valence-corrected chi connectivity index (χ0v) is 13.0. The summed E-state index contributed by atoms with van der Waals surface area (Å²) < 4.78 is 0. The molecule has 0 radical (unpaired) electrons. The second-order valence-electron chi connectivity index (χ2n) is 5.36. The highest BCUT2D eigenvalue weighted by molar-refractivity contribution is 5.97. The normalized spacial score (nSPS) is 11.0. The highest BCUT2D eigenvalue weighted by Crippen LogP contribution is 2.15. The maximum absolute atomic E-state index is 11.8. The first kappa shape index (κ1) is 16.6. The summed E-state index contributed by atoms with van der Waals surface area (Å²) in [7, 11) is 3.93. The van der Waals surface area contributed by atoms with Gasteiger partial charge in [-0.25, -0.2) is 0 Å². The van der Waals surface area contributed by atoms with Crippen LogP contribution in [0.1, 0.15) is 13.8 Å². The van der Waals surface area contributed by atoms with Crippen molar-refractivity contribution >= 4 is 17.3 Å². The van der Waals surface area contributed by atoms with Gasteiger partial charge in [-0.05, 0) is 30.2 Å². The third-order valence-electron chi connectivity index (χ3n) is 2.80. The van der Waals surface area contributed by atoms with Crippen molar-refractivity contribution in [2.45, 2.75) is 13.8 Å². The first-order chi connectivity index (χ1) is 9.93. The Kier molecular flexibility index (Phi) is 6.28. The van der Waals surface area contributed by atoms with Crippen molar-refractivity contribution in [2.24, 2.45) is 5.92 Å². The van der Waals surface area contributed by atoms with E-state index in [1.807, 2.05) is 63.2 Å². The highest BCUT2D eigenvalue weighted by Gasteiger charge is 2.08. The molecule has 1 aromatic carbocycles. The van der Waals surface area contributed by atoms with Crippen LogP contribution < -0.4 is 15.5 Å². The van der Waals surface area contributed by atoms with Gasteiger partial charge in [0.1, 0.15) is 11.6 Å². The van der Waals surface area contributed by atoms with Crippen LogP contribution in [-0.4, -0.2) is 26.5 Å². The number of carbonyl (C=O) groups is 1. The molecule has 0 aliphatic rings. The molecule has 0 unspecified atom stereocenters. The number of anilines is 2. The van der Waals surface area contributed by atoms with Gasteiger partial charge < -0.3 is 15.5 Å². The average Bonchev–Trinajstić information content (AvgIpc) is 2.46. The number of rotatable bonds is 6. The molecule has 2 N–H and O–H groups in total. The van der Waals surface area contributed by atoms with Crippen molar-refractivity contribution in [2.75, 3.05) is 30.9 Å². The molecule has 0 fully saturated rings. The van der Waals surface area contributed by atoms with E-state index in [9.17, 15) is 4.79 Å². The molecular formula is C16H22N4O. The molecule has 0 spiro atoms. The summed E-state index contributed by atoms with van der Waals surface area (Å²) in [4.78, 5) is 13.8. The van der Waals surface area contributed by atoms with Gasteiger partial charge in [0.25, 0.3) is 5.91 Å². The standard InChI is InChI=1S/C16H22N4O/c1-12(2)10-19-16(21)13(9-17)11-18-14-5-7-15(8-6-14)20(3)4/h5-8,11-12,18H,10H2,1-4H3,(H,19,21)/b13-11-. The summed E-state index contributed by atoms with van der Waals surface area (Å²) >= 11 is 0. The van der Waals surface area contributed by atoms with Crippen molar-refractivity contribution in [1.29, 1.82) is 5.26 Å². The number of nitriles is 1. The minimum atomic E-state index is -0.358. The fourth-order valence-electron chi connectivity index (χ4n) is 1.55. The van der Waals surface area contributed by atoms with Gasteiger partial charge in [0.2, 0.25) is 0 Å². The third-order valence-corrected chi connectivity index (χ3v) is 2.80. The minimum absolute atomic E-state index is 0.0623. The van der Waals surface area contributed by atoms with Gasteiger partial charge in [0, 0.05) is 38.2 Å². The summed E-state index contributed by atoms with van der Waals surface area (Å²) in [6.07, 6.45) is 1.43. The van der Waals surface area contributed by atoms with Crippen LogP contribution in [0.3, 0.4) is 0 Å². The van der Waals surface area contributed by atoms with Crippen LogP contribution in [0, 0.1) is 17.2 Å². The minimum Gasteiger partial charge on any atom is -0.378 e. The topological polar surface area (TPSA) is 68.2 Å². The molecule has 0 atom stereocenters. The Morgan fingerprint density at radius 3 is 2.43 bits per heavy atom. The lowest BCUT2D eigenvalue weighted by molar-refractivity contribution is -0.117. The van der Waals surface area contributed by atoms with Crippen molar-refractivity contribution < 1.29 is 4.79 Å². The van der Waals surface area contributed by atoms with Crippen LogP contribution in [0.4, 0.5) is 11.4 Å².